The molecule has 1 heterocycles. The average molecular weight is 488 g/mol. The third kappa shape index (κ3) is 5.85. The van der Waals surface area contributed by atoms with Gasteiger partial charge in [0, 0.05) is 17.6 Å². The van der Waals surface area contributed by atoms with Crippen molar-refractivity contribution >= 4 is 27.3 Å². The van der Waals surface area contributed by atoms with Crippen LogP contribution in [0.4, 0.5) is 11.4 Å². The Bertz CT molecular complexity index is 1520. The molecule has 3 aromatic carbocycles. The summed E-state index contributed by atoms with van der Waals surface area (Å²) in [6.07, 6.45) is 1.65. The van der Waals surface area contributed by atoms with Crippen LogP contribution in [-0.2, 0) is 16.6 Å². The first-order valence-electron chi connectivity index (χ1n) is 11.0. The van der Waals surface area contributed by atoms with Crippen LogP contribution in [0.25, 0.3) is 0 Å². The molecule has 0 aliphatic carbocycles. The summed E-state index contributed by atoms with van der Waals surface area (Å²) >= 11 is 0. The Morgan fingerprint density at radius 2 is 1.51 bits per heavy atom. The van der Waals surface area contributed by atoms with Crippen molar-refractivity contribution in [1.29, 1.82) is 0 Å². The molecule has 7 nitrogen and oxygen atoms in total. The highest BCUT2D eigenvalue weighted by molar-refractivity contribution is 7.92. The van der Waals surface area contributed by atoms with Gasteiger partial charge in [0.15, 0.2) is 0 Å². The Balaban J connectivity index is 1.46. The van der Waals surface area contributed by atoms with Gasteiger partial charge in [0.05, 0.1) is 11.4 Å². The van der Waals surface area contributed by atoms with Crippen LogP contribution in [0.2, 0.25) is 0 Å². The first-order valence-corrected chi connectivity index (χ1v) is 12.5. The molecule has 0 spiro atoms. The van der Waals surface area contributed by atoms with Crippen LogP contribution in [0.3, 0.4) is 0 Å². The molecule has 4 rings (SSSR count). The van der Waals surface area contributed by atoms with Gasteiger partial charge < -0.3 is 9.88 Å². The molecule has 1 aromatic heterocycles. The molecular weight excluding hydrogens is 462 g/mol. The van der Waals surface area contributed by atoms with Gasteiger partial charge in [-0.2, -0.15) is 0 Å². The van der Waals surface area contributed by atoms with Crippen molar-refractivity contribution in [3.05, 3.63) is 124 Å². The standard InChI is InChI=1S/C27H25N3O4S/c1-19-8-14-24(15-9-19)35(33,34)29-23-12-10-22(11-13-23)28-26(31)25-7-4-16-30(27(25)32)18-21-6-3-5-20(2)17-21/h3-17,29H,18H2,1-2H3,(H,28,31). The minimum Gasteiger partial charge on any atom is -0.322 e. The minimum atomic E-state index is -3.73. The van der Waals surface area contributed by atoms with Gasteiger partial charge in [0.1, 0.15) is 5.56 Å². The van der Waals surface area contributed by atoms with E-state index in [1.54, 1.807) is 48.7 Å². The fourth-order valence-corrected chi connectivity index (χ4v) is 4.65. The molecule has 8 heteroatoms. The first kappa shape index (κ1) is 24.0. The number of rotatable bonds is 7. The lowest BCUT2D eigenvalue weighted by Crippen LogP contribution is -2.29. The number of benzene rings is 3. The maximum Gasteiger partial charge on any atom is 0.263 e. The lowest BCUT2D eigenvalue weighted by Gasteiger charge is -2.11. The second-order valence-corrected chi connectivity index (χ2v) is 9.98. The van der Waals surface area contributed by atoms with Gasteiger partial charge in [0.2, 0.25) is 0 Å². The summed E-state index contributed by atoms with van der Waals surface area (Å²) in [5.41, 5.74) is 3.43. The van der Waals surface area contributed by atoms with E-state index in [-0.39, 0.29) is 10.5 Å². The van der Waals surface area contributed by atoms with Crippen LogP contribution < -0.4 is 15.6 Å². The van der Waals surface area contributed by atoms with Gasteiger partial charge >= 0.3 is 0 Å². The minimum absolute atomic E-state index is 0.0179. The van der Waals surface area contributed by atoms with Crippen molar-refractivity contribution in [1.82, 2.24) is 4.57 Å². The Morgan fingerprint density at radius 1 is 0.829 bits per heavy atom. The van der Waals surface area contributed by atoms with Gasteiger partial charge in [-0.3, -0.25) is 14.3 Å². The predicted molar refractivity (Wildman–Crippen MR) is 137 cm³/mol. The van der Waals surface area contributed by atoms with E-state index in [9.17, 15) is 18.0 Å². The van der Waals surface area contributed by atoms with Crippen LogP contribution in [-0.4, -0.2) is 18.9 Å². The van der Waals surface area contributed by atoms with Gasteiger partial charge in [-0.1, -0.05) is 47.5 Å². The number of anilines is 2. The van der Waals surface area contributed by atoms with Gasteiger partial charge in [-0.05, 0) is 67.9 Å². The Labute approximate surface area is 204 Å². The molecular formula is C27H25N3O4S. The van der Waals surface area contributed by atoms with E-state index < -0.39 is 21.5 Å². The van der Waals surface area contributed by atoms with Crippen LogP contribution in [0, 0.1) is 13.8 Å². The average Bonchev–Trinajstić information content (AvgIpc) is 2.82. The molecule has 0 fully saturated rings. The zero-order valence-electron chi connectivity index (χ0n) is 19.4. The topological polar surface area (TPSA) is 97.3 Å². The molecule has 0 saturated heterocycles. The van der Waals surface area contributed by atoms with Crippen molar-refractivity contribution in [2.24, 2.45) is 0 Å². The fraction of sp³-hybridized carbons (Fsp3) is 0.111. The van der Waals surface area contributed by atoms with Crippen LogP contribution >= 0.6 is 0 Å². The molecule has 0 aliphatic rings. The summed E-state index contributed by atoms with van der Waals surface area (Å²) in [6, 6.07) is 23.7. The summed E-state index contributed by atoms with van der Waals surface area (Å²) in [7, 11) is -3.73. The third-order valence-electron chi connectivity index (χ3n) is 5.43. The van der Waals surface area contributed by atoms with Crippen LogP contribution in [0.5, 0.6) is 0 Å². The zero-order chi connectivity index (χ0) is 25.0. The molecule has 2 N–H and O–H groups in total. The molecule has 4 aromatic rings. The van der Waals surface area contributed by atoms with Crippen molar-refractivity contribution in [2.45, 2.75) is 25.3 Å². The number of aromatic nitrogens is 1. The van der Waals surface area contributed by atoms with Crippen LogP contribution in [0.1, 0.15) is 27.0 Å². The maximum atomic E-state index is 12.9. The highest BCUT2D eigenvalue weighted by Gasteiger charge is 2.15. The lowest BCUT2D eigenvalue weighted by atomic mass is 10.1. The van der Waals surface area contributed by atoms with E-state index in [0.29, 0.717) is 17.9 Å². The Hall–Kier alpha value is -4.17. The van der Waals surface area contributed by atoms with Crippen LogP contribution in [0.15, 0.2) is 101 Å². The summed E-state index contributed by atoms with van der Waals surface area (Å²) in [4.78, 5) is 25.8. The van der Waals surface area contributed by atoms with E-state index in [4.69, 9.17) is 0 Å². The highest BCUT2D eigenvalue weighted by atomic mass is 32.2. The number of nitrogens with zero attached hydrogens (tertiary/aromatic N) is 1. The fourth-order valence-electron chi connectivity index (χ4n) is 3.59. The number of carbonyl (C=O) groups is 1. The Morgan fingerprint density at radius 3 is 2.20 bits per heavy atom. The smallest absolute Gasteiger partial charge is 0.263 e. The maximum absolute atomic E-state index is 12.9. The van der Waals surface area contributed by atoms with E-state index in [0.717, 1.165) is 16.7 Å². The highest BCUT2D eigenvalue weighted by Crippen LogP contribution is 2.19. The number of pyridine rings is 1. The van der Waals surface area contributed by atoms with Gasteiger partial charge in [-0.25, -0.2) is 8.42 Å². The zero-order valence-corrected chi connectivity index (χ0v) is 20.2. The number of aryl methyl sites for hydroxylation is 2. The SMILES string of the molecule is Cc1ccc(S(=O)(=O)Nc2ccc(NC(=O)c3cccn(Cc4cccc(C)c4)c3=O)cc2)cc1. The van der Waals surface area contributed by atoms with Gasteiger partial charge in [-0.15, -0.1) is 0 Å². The lowest BCUT2D eigenvalue weighted by molar-refractivity contribution is 0.102. The number of amides is 1. The second kappa shape index (κ2) is 9.99. The quantitative estimate of drug-likeness (QED) is 0.399. The molecule has 0 bridgehead atoms. The van der Waals surface area contributed by atoms with E-state index in [1.807, 2.05) is 38.1 Å². The normalized spacial score (nSPS) is 11.1. The Kier molecular flexibility index (Phi) is 6.84. The summed E-state index contributed by atoms with van der Waals surface area (Å²) < 4.78 is 29.1. The van der Waals surface area contributed by atoms with Crippen molar-refractivity contribution < 1.29 is 13.2 Å². The predicted octanol–water partition coefficient (Wildman–Crippen LogP) is 4.57. The number of hydrogen-bond acceptors (Lipinski definition) is 4. The molecule has 0 atom stereocenters. The summed E-state index contributed by atoms with van der Waals surface area (Å²) in [5, 5.41) is 2.70. The van der Waals surface area contributed by atoms with Crippen molar-refractivity contribution in [3.63, 3.8) is 0 Å². The van der Waals surface area contributed by atoms with E-state index >= 15 is 0 Å². The molecule has 0 saturated carbocycles. The summed E-state index contributed by atoms with van der Waals surface area (Å²) in [5.74, 6) is -0.540. The number of sulfonamides is 1. The monoisotopic (exact) mass is 487 g/mol. The molecule has 0 radical (unpaired) electrons. The third-order valence-corrected chi connectivity index (χ3v) is 6.82. The molecule has 35 heavy (non-hydrogen) atoms. The van der Waals surface area contributed by atoms with E-state index in [2.05, 4.69) is 10.0 Å². The van der Waals surface area contributed by atoms with E-state index in [1.165, 1.54) is 22.8 Å². The van der Waals surface area contributed by atoms with Crippen molar-refractivity contribution in [3.8, 4) is 0 Å². The number of carbonyl (C=O) groups excluding carboxylic acids is 1. The second-order valence-electron chi connectivity index (χ2n) is 8.29. The molecule has 1 amide bonds. The number of hydrogen-bond donors (Lipinski definition) is 2. The molecule has 0 unspecified atom stereocenters. The summed E-state index contributed by atoms with van der Waals surface area (Å²) in [6.45, 7) is 4.22. The first-order chi connectivity index (χ1) is 16.7. The van der Waals surface area contributed by atoms with Crippen molar-refractivity contribution in [2.75, 3.05) is 10.0 Å². The van der Waals surface area contributed by atoms with Gasteiger partial charge in [0.25, 0.3) is 21.5 Å². The molecule has 0 aliphatic heterocycles. The number of nitrogens with one attached hydrogen (secondary N) is 2. The largest absolute Gasteiger partial charge is 0.322 e. The molecule has 178 valence electrons.